The summed E-state index contributed by atoms with van der Waals surface area (Å²) in [6.07, 6.45) is 1.75. The third kappa shape index (κ3) is 2.15. The van der Waals surface area contributed by atoms with Gasteiger partial charge < -0.3 is 9.47 Å². The molecular formula is C16H16N2O2. The van der Waals surface area contributed by atoms with E-state index in [9.17, 15) is 10.5 Å². The molecule has 0 amide bonds. The summed E-state index contributed by atoms with van der Waals surface area (Å²) in [7, 11) is 1.59. The molecule has 1 fully saturated rings. The summed E-state index contributed by atoms with van der Waals surface area (Å²) in [4.78, 5) is 0. The molecule has 0 aromatic heterocycles. The van der Waals surface area contributed by atoms with Crippen LogP contribution in [0.4, 0.5) is 0 Å². The minimum Gasteiger partial charge on any atom is -0.497 e. The fourth-order valence-electron chi connectivity index (χ4n) is 2.62. The zero-order valence-electron chi connectivity index (χ0n) is 11.4. The molecule has 102 valence electrons. The molecule has 1 aromatic carbocycles. The van der Waals surface area contributed by atoms with Crippen LogP contribution in [-0.2, 0) is 4.74 Å². The number of ether oxygens (including phenoxy) is 2. The van der Waals surface area contributed by atoms with Crippen LogP contribution in [0.1, 0.15) is 18.1 Å². The zero-order chi connectivity index (χ0) is 14.6. The maximum absolute atomic E-state index is 9.55. The Kier molecular flexibility index (Phi) is 4.08. The monoisotopic (exact) mass is 268 g/mol. The van der Waals surface area contributed by atoms with E-state index in [1.54, 1.807) is 25.3 Å². The molecule has 2 rings (SSSR count). The van der Waals surface area contributed by atoms with Gasteiger partial charge in [0.25, 0.3) is 0 Å². The van der Waals surface area contributed by atoms with E-state index < -0.39 is 11.5 Å². The van der Waals surface area contributed by atoms with E-state index >= 15 is 0 Å². The Morgan fingerprint density at radius 2 is 2.00 bits per heavy atom. The zero-order valence-corrected chi connectivity index (χ0v) is 11.4. The van der Waals surface area contributed by atoms with Crippen molar-refractivity contribution in [3.63, 3.8) is 0 Å². The van der Waals surface area contributed by atoms with Crippen molar-refractivity contribution in [1.29, 1.82) is 10.5 Å². The van der Waals surface area contributed by atoms with Crippen LogP contribution >= 0.6 is 0 Å². The number of allylic oxidation sites excluding steroid dienone is 1. The second kappa shape index (κ2) is 5.77. The molecule has 0 unspecified atom stereocenters. The first-order valence-electron chi connectivity index (χ1n) is 6.42. The van der Waals surface area contributed by atoms with E-state index in [1.807, 2.05) is 12.1 Å². The number of benzene rings is 1. The van der Waals surface area contributed by atoms with Crippen LogP contribution in [0.2, 0.25) is 0 Å². The van der Waals surface area contributed by atoms with Gasteiger partial charge in [-0.1, -0.05) is 18.2 Å². The lowest BCUT2D eigenvalue weighted by Crippen LogP contribution is -2.39. The van der Waals surface area contributed by atoms with Crippen molar-refractivity contribution in [2.24, 2.45) is 11.3 Å². The number of methoxy groups -OCH3 is 1. The largest absolute Gasteiger partial charge is 0.497 e. The van der Waals surface area contributed by atoms with Crippen molar-refractivity contribution in [2.45, 2.75) is 12.5 Å². The van der Waals surface area contributed by atoms with Crippen molar-refractivity contribution in [2.75, 3.05) is 13.7 Å². The predicted octanol–water partition coefficient (Wildman–Crippen LogP) is 2.99. The van der Waals surface area contributed by atoms with Gasteiger partial charge in [-0.2, -0.15) is 10.5 Å². The molecule has 0 aliphatic carbocycles. The average Bonchev–Trinajstić information content (AvgIpc) is 2.53. The molecule has 1 aromatic rings. The third-order valence-electron chi connectivity index (χ3n) is 3.78. The topological polar surface area (TPSA) is 66.0 Å². The lowest BCUT2D eigenvalue weighted by Gasteiger charge is -2.39. The fourth-order valence-corrected chi connectivity index (χ4v) is 2.62. The molecule has 1 aliphatic rings. The Hall–Kier alpha value is -2.30. The Morgan fingerprint density at radius 3 is 2.50 bits per heavy atom. The lowest BCUT2D eigenvalue weighted by atomic mass is 9.68. The molecular weight excluding hydrogens is 252 g/mol. The van der Waals surface area contributed by atoms with Gasteiger partial charge in [-0.25, -0.2) is 0 Å². The van der Waals surface area contributed by atoms with E-state index in [4.69, 9.17) is 9.47 Å². The normalized spacial score (nSPS) is 24.1. The Balaban J connectivity index is 2.44. The first-order chi connectivity index (χ1) is 9.71. The highest BCUT2D eigenvalue weighted by Crippen LogP contribution is 2.47. The van der Waals surface area contributed by atoms with Gasteiger partial charge in [0.05, 0.1) is 19.2 Å². The number of nitriles is 2. The maximum atomic E-state index is 9.55. The molecule has 0 saturated carbocycles. The standard InChI is InChI=1S/C16H16N2O2/c1-3-13-8-9-20-15(16(13,10-17)11-18)12-4-6-14(19-2)7-5-12/h3-7,13,15H,1,8-9H2,2H3/t13-,15-/m0/s1. The van der Waals surface area contributed by atoms with Gasteiger partial charge in [-0.15, -0.1) is 6.58 Å². The van der Waals surface area contributed by atoms with Crippen molar-refractivity contribution in [1.82, 2.24) is 0 Å². The van der Waals surface area contributed by atoms with Crippen LogP contribution in [0.5, 0.6) is 5.75 Å². The highest BCUT2D eigenvalue weighted by atomic mass is 16.5. The van der Waals surface area contributed by atoms with Crippen molar-refractivity contribution >= 4 is 0 Å². The summed E-state index contributed by atoms with van der Waals surface area (Å²) in [5, 5.41) is 19.1. The molecule has 1 heterocycles. The van der Waals surface area contributed by atoms with Gasteiger partial charge in [-0.05, 0) is 24.1 Å². The number of hydrogen-bond acceptors (Lipinski definition) is 4. The van der Waals surface area contributed by atoms with Crippen LogP contribution in [0.25, 0.3) is 0 Å². The molecule has 4 nitrogen and oxygen atoms in total. The van der Waals surface area contributed by atoms with E-state index in [2.05, 4.69) is 18.7 Å². The lowest BCUT2D eigenvalue weighted by molar-refractivity contribution is -0.0577. The van der Waals surface area contributed by atoms with Gasteiger partial charge in [0.2, 0.25) is 0 Å². The number of rotatable bonds is 3. The second-order valence-corrected chi connectivity index (χ2v) is 4.75. The SMILES string of the molecule is C=C[C@H]1CCO[C@@H](c2ccc(OC)cc2)C1(C#N)C#N. The Morgan fingerprint density at radius 1 is 1.35 bits per heavy atom. The highest BCUT2D eigenvalue weighted by Gasteiger charge is 2.49. The van der Waals surface area contributed by atoms with Crippen LogP contribution in [0, 0.1) is 34.0 Å². The van der Waals surface area contributed by atoms with Crippen LogP contribution < -0.4 is 4.74 Å². The summed E-state index contributed by atoms with van der Waals surface area (Å²) >= 11 is 0. The first kappa shape index (κ1) is 14.1. The minimum atomic E-state index is -1.23. The van der Waals surface area contributed by atoms with E-state index in [1.165, 1.54) is 0 Å². The molecule has 4 heteroatoms. The summed E-state index contributed by atoms with van der Waals surface area (Å²) in [6, 6.07) is 11.6. The summed E-state index contributed by atoms with van der Waals surface area (Å²) in [6.45, 7) is 4.27. The smallest absolute Gasteiger partial charge is 0.180 e. The van der Waals surface area contributed by atoms with Crippen molar-refractivity contribution in [3.8, 4) is 17.9 Å². The summed E-state index contributed by atoms with van der Waals surface area (Å²) < 4.78 is 10.9. The van der Waals surface area contributed by atoms with Crippen molar-refractivity contribution in [3.05, 3.63) is 42.5 Å². The molecule has 0 bridgehead atoms. The molecule has 0 spiro atoms. The van der Waals surface area contributed by atoms with E-state index in [0.29, 0.717) is 13.0 Å². The maximum Gasteiger partial charge on any atom is 0.180 e. The quantitative estimate of drug-likeness (QED) is 0.790. The minimum absolute atomic E-state index is 0.196. The number of hydrogen-bond donors (Lipinski definition) is 0. The Bertz CT molecular complexity index is 552. The third-order valence-corrected chi connectivity index (χ3v) is 3.78. The molecule has 20 heavy (non-hydrogen) atoms. The number of nitrogens with zero attached hydrogens (tertiary/aromatic N) is 2. The average molecular weight is 268 g/mol. The van der Waals surface area contributed by atoms with Crippen LogP contribution in [0.15, 0.2) is 36.9 Å². The van der Waals surface area contributed by atoms with Gasteiger partial charge in [0.15, 0.2) is 5.41 Å². The van der Waals surface area contributed by atoms with Gasteiger partial charge >= 0.3 is 0 Å². The van der Waals surface area contributed by atoms with E-state index in [-0.39, 0.29) is 5.92 Å². The molecule has 1 saturated heterocycles. The van der Waals surface area contributed by atoms with Crippen molar-refractivity contribution < 1.29 is 9.47 Å². The van der Waals surface area contributed by atoms with Gasteiger partial charge in [0, 0.05) is 12.5 Å². The molecule has 2 atom stereocenters. The van der Waals surface area contributed by atoms with Crippen LogP contribution in [0.3, 0.4) is 0 Å². The van der Waals surface area contributed by atoms with Gasteiger partial charge in [-0.3, -0.25) is 0 Å². The predicted molar refractivity (Wildman–Crippen MR) is 73.7 cm³/mol. The first-order valence-corrected chi connectivity index (χ1v) is 6.42. The highest BCUT2D eigenvalue weighted by molar-refractivity contribution is 5.35. The van der Waals surface area contributed by atoms with E-state index in [0.717, 1.165) is 11.3 Å². The molecule has 0 radical (unpaired) electrons. The van der Waals surface area contributed by atoms with Crippen LogP contribution in [-0.4, -0.2) is 13.7 Å². The summed E-state index contributed by atoms with van der Waals surface area (Å²) in [5.41, 5.74) is -0.422. The second-order valence-electron chi connectivity index (χ2n) is 4.75. The fraction of sp³-hybridized carbons (Fsp3) is 0.375. The summed E-state index contributed by atoms with van der Waals surface area (Å²) in [5.74, 6) is 0.530. The van der Waals surface area contributed by atoms with Gasteiger partial charge in [0.1, 0.15) is 11.9 Å². The molecule has 1 aliphatic heterocycles. The molecule has 0 N–H and O–H groups in total. The Labute approximate surface area is 118 Å².